The molecule has 1 unspecified atom stereocenters. The molecule has 164 valence electrons. The van der Waals surface area contributed by atoms with E-state index in [1.807, 2.05) is 38.1 Å². The van der Waals surface area contributed by atoms with E-state index in [-0.39, 0.29) is 5.92 Å². The second-order valence-corrected chi connectivity index (χ2v) is 9.99. The third kappa shape index (κ3) is 4.65. The Morgan fingerprint density at radius 3 is 2.65 bits per heavy atom. The van der Waals surface area contributed by atoms with Gasteiger partial charge in [0, 0.05) is 29.1 Å². The summed E-state index contributed by atoms with van der Waals surface area (Å²) in [5.74, 6) is 0.978. The highest BCUT2D eigenvalue weighted by molar-refractivity contribution is 7.92. The zero-order chi connectivity index (χ0) is 22.2. The van der Waals surface area contributed by atoms with Gasteiger partial charge in [-0.15, -0.1) is 0 Å². The number of benzene rings is 1. The normalized spacial score (nSPS) is 17.0. The van der Waals surface area contributed by atoms with E-state index in [9.17, 15) is 8.42 Å². The van der Waals surface area contributed by atoms with E-state index in [1.54, 1.807) is 7.11 Å². The SMILES string of the molecule is COc1cc(C)cc(C)c1-c1ccc2c(NS(C)(=O)=O)cc(C3CCCNC3)nc2n1. The highest BCUT2D eigenvalue weighted by Crippen LogP contribution is 2.36. The Morgan fingerprint density at radius 1 is 1.16 bits per heavy atom. The van der Waals surface area contributed by atoms with Crippen LogP contribution in [0.4, 0.5) is 5.69 Å². The van der Waals surface area contributed by atoms with Crippen LogP contribution in [0.3, 0.4) is 0 Å². The molecule has 1 aliphatic rings. The summed E-state index contributed by atoms with van der Waals surface area (Å²) in [7, 11) is -1.79. The zero-order valence-electron chi connectivity index (χ0n) is 18.3. The lowest BCUT2D eigenvalue weighted by atomic mass is 9.95. The molecule has 1 saturated heterocycles. The number of nitrogens with one attached hydrogen (secondary N) is 2. The van der Waals surface area contributed by atoms with Gasteiger partial charge >= 0.3 is 0 Å². The fraction of sp³-hybridized carbons (Fsp3) is 0.391. The molecule has 0 radical (unpaired) electrons. The van der Waals surface area contributed by atoms with Crippen LogP contribution >= 0.6 is 0 Å². The maximum Gasteiger partial charge on any atom is 0.229 e. The molecule has 3 aromatic rings. The van der Waals surface area contributed by atoms with Crippen LogP contribution in [0.2, 0.25) is 0 Å². The molecule has 1 aromatic carbocycles. The number of piperidine rings is 1. The molecule has 1 fully saturated rings. The number of hydrogen-bond donors (Lipinski definition) is 2. The number of anilines is 1. The average Bonchev–Trinajstić information content (AvgIpc) is 2.72. The van der Waals surface area contributed by atoms with Crippen LogP contribution in [0, 0.1) is 13.8 Å². The lowest BCUT2D eigenvalue weighted by Crippen LogP contribution is -2.29. The minimum atomic E-state index is -3.44. The van der Waals surface area contributed by atoms with E-state index >= 15 is 0 Å². The summed E-state index contributed by atoms with van der Waals surface area (Å²) >= 11 is 0. The maximum atomic E-state index is 12.0. The van der Waals surface area contributed by atoms with E-state index in [2.05, 4.69) is 16.1 Å². The van der Waals surface area contributed by atoms with Crippen molar-refractivity contribution in [2.24, 2.45) is 0 Å². The van der Waals surface area contributed by atoms with Crippen molar-refractivity contribution in [3.8, 4) is 17.0 Å². The quantitative estimate of drug-likeness (QED) is 0.628. The summed E-state index contributed by atoms with van der Waals surface area (Å²) in [5.41, 5.74) is 5.73. The number of hydrogen-bond acceptors (Lipinski definition) is 6. The summed E-state index contributed by atoms with van der Waals surface area (Å²) < 4.78 is 32.3. The van der Waals surface area contributed by atoms with Crippen molar-refractivity contribution in [1.82, 2.24) is 15.3 Å². The molecular formula is C23H28N4O3S. The van der Waals surface area contributed by atoms with E-state index in [1.165, 1.54) is 0 Å². The van der Waals surface area contributed by atoms with Crippen LogP contribution < -0.4 is 14.8 Å². The number of aromatic nitrogens is 2. The van der Waals surface area contributed by atoms with Crippen molar-refractivity contribution in [3.05, 3.63) is 47.2 Å². The molecule has 0 spiro atoms. The van der Waals surface area contributed by atoms with Crippen molar-refractivity contribution in [1.29, 1.82) is 0 Å². The molecule has 4 rings (SSSR count). The molecule has 0 aliphatic carbocycles. The Labute approximate surface area is 183 Å². The first-order valence-corrected chi connectivity index (χ1v) is 12.3. The second-order valence-electron chi connectivity index (χ2n) is 8.24. The van der Waals surface area contributed by atoms with Gasteiger partial charge in [-0.05, 0) is 68.6 Å². The fourth-order valence-electron chi connectivity index (χ4n) is 4.28. The molecule has 7 nitrogen and oxygen atoms in total. The molecule has 2 aromatic heterocycles. The van der Waals surface area contributed by atoms with Gasteiger partial charge in [0.25, 0.3) is 0 Å². The predicted molar refractivity (Wildman–Crippen MR) is 124 cm³/mol. The lowest BCUT2D eigenvalue weighted by molar-refractivity contribution is 0.415. The van der Waals surface area contributed by atoms with Gasteiger partial charge in [-0.25, -0.2) is 18.4 Å². The summed E-state index contributed by atoms with van der Waals surface area (Å²) in [6, 6.07) is 9.69. The number of pyridine rings is 2. The Hall–Kier alpha value is -2.71. The van der Waals surface area contributed by atoms with E-state index < -0.39 is 10.0 Å². The monoisotopic (exact) mass is 440 g/mol. The van der Waals surface area contributed by atoms with Crippen LogP contribution in [0.1, 0.15) is 35.6 Å². The number of nitrogens with zero attached hydrogens (tertiary/aromatic N) is 2. The summed E-state index contributed by atoms with van der Waals surface area (Å²) in [4.78, 5) is 9.70. The number of methoxy groups -OCH3 is 1. The van der Waals surface area contributed by atoms with Crippen molar-refractivity contribution in [2.75, 3.05) is 31.2 Å². The summed E-state index contributed by atoms with van der Waals surface area (Å²) in [6.45, 7) is 5.88. The van der Waals surface area contributed by atoms with E-state index in [4.69, 9.17) is 14.7 Å². The van der Waals surface area contributed by atoms with Gasteiger partial charge < -0.3 is 10.1 Å². The Bertz CT molecular complexity index is 1240. The van der Waals surface area contributed by atoms with Gasteiger partial charge in [-0.1, -0.05) is 6.07 Å². The average molecular weight is 441 g/mol. The summed E-state index contributed by atoms with van der Waals surface area (Å²) in [5, 5.41) is 4.07. The van der Waals surface area contributed by atoms with Crippen molar-refractivity contribution in [3.63, 3.8) is 0 Å². The molecule has 1 atom stereocenters. The number of fused-ring (bicyclic) bond motifs is 1. The topological polar surface area (TPSA) is 93.2 Å². The predicted octanol–water partition coefficient (Wildman–Crippen LogP) is 3.76. The van der Waals surface area contributed by atoms with Gasteiger partial charge in [0.15, 0.2) is 5.65 Å². The first kappa shape index (κ1) is 21.5. The minimum absolute atomic E-state index is 0.222. The summed E-state index contributed by atoms with van der Waals surface area (Å²) in [6.07, 6.45) is 3.23. The molecule has 2 N–H and O–H groups in total. The standard InChI is InChI=1S/C23H28N4O3S/c1-14-10-15(2)22(21(11-14)30-3)18-8-7-17-20(27-31(4,28)29)12-19(26-23(17)25-18)16-6-5-9-24-13-16/h7-8,10-12,16,24H,5-6,9,13H2,1-4H3,(H,25,26,27). The van der Waals surface area contributed by atoms with Gasteiger partial charge in [0.2, 0.25) is 10.0 Å². The van der Waals surface area contributed by atoms with Crippen LogP contribution in [-0.4, -0.2) is 44.8 Å². The molecule has 0 saturated carbocycles. The fourth-order valence-corrected chi connectivity index (χ4v) is 4.85. The van der Waals surface area contributed by atoms with Gasteiger partial charge in [-0.3, -0.25) is 4.72 Å². The second kappa shape index (κ2) is 8.43. The van der Waals surface area contributed by atoms with Gasteiger partial charge in [0.1, 0.15) is 5.75 Å². The molecule has 31 heavy (non-hydrogen) atoms. The molecule has 0 amide bonds. The first-order valence-electron chi connectivity index (χ1n) is 10.4. The maximum absolute atomic E-state index is 12.0. The highest BCUT2D eigenvalue weighted by Gasteiger charge is 2.21. The van der Waals surface area contributed by atoms with Crippen LogP contribution in [-0.2, 0) is 10.0 Å². The lowest BCUT2D eigenvalue weighted by Gasteiger charge is -2.23. The molecule has 1 aliphatic heterocycles. The smallest absolute Gasteiger partial charge is 0.229 e. The number of aryl methyl sites for hydroxylation is 2. The highest BCUT2D eigenvalue weighted by atomic mass is 32.2. The number of sulfonamides is 1. The molecular weight excluding hydrogens is 412 g/mol. The first-order chi connectivity index (χ1) is 14.7. The number of rotatable bonds is 5. The Balaban J connectivity index is 1.90. The van der Waals surface area contributed by atoms with Gasteiger partial charge in [0.05, 0.1) is 24.7 Å². The number of ether oxygens (including phenoxy) is 1. The van der Waals surface area contributed by atoms with Crippen molar-refractivity contribution < 1.29 is 13.2 Å². The zero-order valence-corrected chi connectivity index (χ0v) is 19.1. The van der Waals surface area contributed by atoms with E-state index in [0.717, 1.165) is 66.0 Å². The minimum Gasteiger partial charge on any atom is -0.496 e. The van der Waals surface area contributed by atoms with Gasteiger partial charge in [-0.2, -0.15) is 0 Å². The molecule has 0 bridgehead atoms. The van der Waals surface area contributed by atoms with E-state index in [0.29, 0.717) is 16.7 Å². The van der Waals surface area contributed by atoms with Crippen LogP contribution in [0.15, 0.2) is 30.3 Å². The third-order valence-electron chi connectivity index (χ3n) is 5.62. The molecule has 8 heteroatoms. The Kier molecular flexibility index (Phi) is 5.85. The van der Waals surface area contributed by atoms with Crippen molar-refractivity contribution >= 4 is 26.7 Å². The molecule has 3 heterocycles. The van der Waals surface area contributed by atoms with Crippen LogP contribution in [0.5, 0.6) is 5.75 Å². The van der Waals surface area contributed by atoms with Crippen molar-refractivity contribution in [2.45, 2.75) is 32.6 Å². The van der Waals surface area contributed by atoms with Crippen LogP contribution in [0.25, 0.3) is 22.3 Å². The Morgan fingerprint density at radius 2 is 1.97 bits per heavy atom. The third-order valence-corrected chi connectivity index (χ3v) is 6.21. The largest absolute Gasteiger partial charge is 0.496 e.